The Morgan fingerprint density at radius 2 is 1.97 bits per heavy atom. The van der Waals surface area contributed by atoms with Gasteiger partial charge in [0.15, 0.2) is 11.5 Å². The van der Waals surface area contributed by atoms with E-state index in [-0.39, 0.29) is 17.5 Å². The number of aromatic nitrogens is 4. The van der Waals surface area contributed by atoms with Gasteiger partial charge in [-0.05, 0) is 42.0 Å². The van der Waals surface area contributed by atoms with Crippen LogP contribution in [0.25, 0.3) is 28.1 Å². The van der Waals surface area contributed by atoms with Gasteiger partial charge in [0.2, 0.25) is 0 Å². The highest BCUT2D eigenvalue weighted by Gasteiger charge is 2.28. The number of hydrogen-bond donors (Lipinski definition) is 2. The number of para-hydroxylation sites is 1. The summed E-state index contributed by atoms with van der Waals surface area (Å²) < 4.78 is 2.00. The summed E-state index contributed by atoms with van der Waals surface area (Å²) in [6.45, 7) is 10.3. The third-order valence-electron chi connectivity index (χ3n) is 6.76. The monoisotopic (exact) mass is 458 g/mol. The predicted molar refractivity (Wildman–Crippen MR) is 132 cm³/mol. The largest absolute Gasteiger partial charge is 0.465 e. The van der Waals surface area contributed by atoms with Crippen molar-refractivity contribution in [2.75, 3.05) is 13.1 Å². The van der Waals surface area contributed by atoms with Crippen LogP contribution in [0.3, 0.4) is 0 Å². The van der Waals surface area contributed by atoms with Gasteiger partial charge in [0, 0.05) is 36.8 Å². The highest BCUT2D eigenvalue weighted by Crippen LogP contribution is 2.31. The van der Waals surface area contributed by atoms with Gasteiger partial charge in [-0.2, -0.15) is 0 Å². The average molecular weight is 459 g/mol. The van der Waals surface area contributed by atoms with Crippen LogP contribution in [0.2, 0.25) is 0 Å². The first-order valence-corrected chi connectivity index (χ1v) is 11.7. The fourth-order valence-electron chi connectivity index (χ4n) is 4.85. The molecule has 2 atom stereocenters. The van der Waals surface area contributed by atoms with Crippen molar-refractivity contribution in [2.24, 2.45) is 0 Å². The van der Waals surface area contributed by atoms with Crippen LogP contribution in [0, 0.1) is 0 Å². The standard InChI is InChI=1S/C26H30N6O2/c1-16(31-13-12-19(15-31)27-25(33)34)18-9-11-22-29-30-24(32(22)14-18)21-10-8-17-6-5-7-20(23(17)28-21)26(2,3)4/h5-11,14,16,19,27H,12-13,15H2,1-4H3,(H,33,34)/t16-,19?/m0/s1. The molecule has 1 saturated heterocycles. The average Bonchev–Trinajstić information content (AvgIpc) is 3.43. The minimum Gasteiger partial charge on any atom is -0.465 e. The highest BCUT2D eigenvalue weighted by atomic mass is 16.4. The van der Waals surface area contributed by atoms with E-state index in [1.54, 1.807) is 0 Å². The molecule has 0 aliphatic carbocycles. The van der Waals surface area contributed by atoms with E-state index in [4.69, 9.17) is 10.1 Å². The number of pyridine rings is 2. The molecule has 1 amide bonds. The van der Waals surface area contributed by atoms with Crippen LogP contribution in [0.15, 0.2) is 48.7 Å². The fraction of sp³-hybridized carbons (Fsp3) is 0.385. The van der Waals surface area contributed by atoms with Gasteiger partial charge in [-0.15, -0.1) is 10.2 Å². The molecule has 1 fully saturated rings. The zero-order valence-electron chi connectivity index (χ0n) is 20.0. The number of amides is 1. The Bertz CT molecular complexity index is 1370. The van der Waals surface area contributed by atoms with Crippen LogP contribution >= 0.6 is 0 Å². The lowest BCUT2D eigenvalue weighted by Crippen LogP contribution is -2.36. The second-order valence-corrected chi connectivity index (χ2v) is 10.1. The van der Waals surface area contributed by atoms with Crippen LogP contribution in [-0.2, 0) is 5.41 Å². The van der Waals surface area contributed by atoms with Gasteiger partial charge >= 0.3 is 6.09 Å². The van der Waals surface area contributed by atoms with Gasteiger partial charge in [0.25, 0.3) is 0 Å². The Labute approximate surface area is 198 Å². The normalized spacial score (nSPS) is 17.9. The molecular weight excluding hydrogens is 428 g/mol. The molecule has 0 radical (unpaired) electrons. The van der Waals surface area contributed by atoms with Crippen LogP contribution in [0.5, 0.6) is 0 Å². The van der Waals surface area contributed by atoms with Crippen molar-refractivity contribution in [3.05, 3.63) is 59.8 Å². The van der Waals surface area contributed by atoms with E-state index in [9.17, 15) is 4.79 Å². The molecular formula is C26H30N6O2. The van der Waals surface area contributed by atoms with Crippen molar-refractivity contribution in [3.63, 3.8) is 0 Å². The summed E-state index contributed by atoms with van der Waals surface area (Å²) in [6, 6.07) is 14.6. The molecule has 0 saturated carbocycles. The van der Waals surface area contributed by atoms with E-state index in [0.717, 1.165) is 40.8 Å². The molecule has 8 nitrogen and oxygen atoms in total. The van der Waals surface area contributed by atoms with E-state index in [0.29, 0.717) is 12.4 Å². The van der Waals surface area contributed by atoms with E-state index < -0.39 is 6.09 Å². The van der Waals surface area contributed by atoms with Crippen LogP contribution in [0.4, 0.5) is 4.79 Å². The second kappa shape index (κ2) is 8.36. The zero-order chi connectivity index (χ0) is 24.0. The van der Waals surface area contributed by atoms with Gasteiger partial charge in [-0.1, -0.05) is 51.1 Å². The number of rotatable bonds is 4. The summed E-state index contributed by atoms with van der Waals surface area (Å²) >= 11 is 0. The Morgan fingerprint density at radius 1 is 1.15 bits per heavy atom. The van der Waals surface area contributed by atoms with E-state index in [1.165, 1.54) is 5.56 Å². The molecule has 1 aromatic carbocycles. The number of carbonyl (C=O) groups is 1. The summed E-state index contributed by atoms with van der Waals surface area (Å²) in [5.74, 6) is 0.710. The van der Waals surface area contributed by atoms with Crippen molar-refractivity contribution < 1.29 is 9.90 Å². The smallest absolute Gasteiger partial charge is 0.404 e. The van der Waals surface area contributed by atoms with Gasteiger partial charge in [0.1, 0.15) is 5.69 Å². The minimum atomic E-state index is -0.965. The zero-order valence-corrected chi connectivity index (χ0v) is 20.0. The van der Waals surface area contributed by atoms with Gasteiger partial charge in [0.05, 0.1) is 5.52 Å². The Balaban J connectivity index is 1.50. The third kappa shape index (κ3) is 4.09. The number of carboxylic acid groups (broad SMARTS) is 1. The Hall–Kier alpha value is -3.52. The minimum absolute atomic E-state index is 0.0241. The summed E-state index contributed by atoms with van der Waals surface area (Å²) in [4.78, 5) is 18.3. The first-order valence-electron chi connectivity index (χ1n) is 11.7. The Kier molecular flexibility index (Phi) is 5.48. The number of hydrogen-bond acceptors (Lipinski definition) is 5. The third-order valence-corrected chi connectivity index (χ3v) is 6.76. The maximum Gasteiger partial charge on any atom is 0.404 e. The summed E-state index contributed by atoms with van der Waals surface area (Å²) in [7, 11) is 0. The maximum atomic E-state index is 11.0. The summed E-state index contributed by atoms with van der Waals surface area (Å²) in [5.41, 5.74) is 4.85. The molecule has 8 heteroatoms. The SMILES string of the molecule is C[C@@H](c1ccc2nnc(-c3ccc4cccc(C(C)(C)C)c4n3)n2c1)N1CCC(NC(=O)O)C1. The molecule has 4 aromatic rings. The summed E-state index contributed by atoms with van der Waals surface area (Å²) in [5, 5.41) is 21.6. The van der Waals surface area contributed by atoms with Crippen LogP contribution in [0.1, 0.15) is 51.3 Å². The molecule has 3 aromatic heterocycles. The number of benzene rings is 1. The number of likely N-dealkylation sites (tertiary alicyclic amines) is 1. The van der Waals surface area contributed by atoms with E-state index in [2.05, 4.69) is 84.6 Å². The molecule has 5 rings (SSSR count). The molecule has 176 valence electrons. The van der Waals surface area contributed by atoms with Crippen molar-refractivity contribution in [1.82, 2.24) is 29.8 Å². The molecule has 1 aliphatic heterocycles. The van der Waals surface area contributed by atoms with E-state index in [1.807, 2.05) is 16.5 Å². The van der Waals surface area contributed by atoms with Gasteiger partial charge in [-0.25, -0.2) is 9.78 Å². The molecule has 1 aliphatic rings. The first-order chi connectivity index (χ1) is 16.2. The van der Waals surface area contributed by atoms with Crippen molar-refractivity contribution in [2.45, 2.75) is 51.6 Å². The second-order valence-electron chi connectivity index (χ2n) is 10.1. The van der Waals surface area contributed by atoms with Crippen molar-refractivity contribution >= 4 is 22.6 Å². The van der Waals surface area contributed by atoms with Gasteiger partial charge in [-0.3, -0.25) is 9.30 Å². The molecule has 2 N–H and O–H groups in total. The lowest BCUT2D eigenvalue weighted by atomic mass is 9.85. The van der Waals surface area contributed by atoms with Crippen molar-refractivity contribution in [3.8, 4) is 11.5 Å². The topological polar surface area (TPSA) is 95.7 Å². The number of nitrogens with zero attached hydrogens (tertiary/aromatic N) is 5. The van der Waals surface area contributed by atoms with Crippen molar-refractivity contribution in [1.29, 1.82) is 0 Å². The molecule has 34 heavy (non-hydrogen) atoms. The number of nitrogens with one attached hydrogen (secondary N) is 1. The quantitative estimate of drug-likeness (QED) is 0.462. The number of fused-ring (bicyclic) bond motifs is 2. The fourth-order valence-corrected chi connectivity index (χ4v) is 4.85. The van der Waals surface area contributed by atoms with E-state index >= 15 is 0 Å². The van der Waals surface area contributed by atoms with Gasteiger partial charge < -0.3 is 10.4 Å². The molecule has 1 unspecified atom stereocenters. The lowest BCUT2D eigenvalue weighted by Gasteiger charge is -2.24. The van der Waals surface area contributed by atoms with Crippen LogP contribution < -0.4 is 5.32 Å². The first kappa shape index (κ1) is 22.3. The lowest BCUT2D eigenvalue weighted by molar-refractivity contribution is 0.188. The highest BCUT2D eigenvalue weighted by molar-refractivity contribution is 5.84. The molecule has 0 bridgehead atoms. The van der Waals surface area contributed by atoms with Crippen LogP contribution in [-0.4, -0.2) is 54.8 Å². The Morgan fingerprint density at radius 3 is 2.74 bits per heavy atom. The summed E-state index contributed by atoms with van der Waals surface area (Å²) in [6.07, 6.45) is 1.93. The predicted octanol–water partition coefficient (Wildman–Crippen LogP) is 4.64. The maximum absolute atomic E-state index is 11.0. The molecule has 0 spiro atoms. The molecule has 4 heterocycles.